The molecular weight excluding hydrogens is 346 g/mol. The largest absolute Gasteiger partial charge is 0.547 e. The predicted molar refractivity (Wildman–Crippen MR) is 81.2 cm³/mol. The molecule has 0 saturated carbocycles. The van der Waals surface area contributed by atoms with Gasteiger partial charge in [0.05, 0.1) is 18.2 Å². The molecule has 0 unspecified atom stereocenters. The van der Waals surface area contributed by atoms with Crippen LogP contribution in [0, 0.1) is 0 Å². The van der Waals surface area contributed by atoms with Crippen LogP contribution in [-0.4, -0.2) is 30.3 Å². The molecule has 9 heteroatoms. The molecular formula is C15H19ClF2N2O4. The number of aliphatic hydroxyl groups excluding tert-OH is 1. The summed E-state index contributed by atoms with van der Waals surface area (Å²) in [6.45, 7) is 1.84. The van der Waals surface area contributed by atoms with Crippen molar-refractivity contribution in [2.75, 3.05) is 6.54 Å². The van der Waals surface area contributed by atoms with E-state index in [0.717, 1.165) is 23.9 Å². The number of alkyl halides is 2. The summed E-state index contributed by atoms with van der Waals surface area (Å²) >= 11 is 5.53. The Kier molecular flexibility index (Phi) is 7.90. The highest BCUT2D eigenvalue weighted by molar-refractivity contribution is 6.30. The molecule has 1 fully saturated rings. The summed E-state index contributed by atoms with van der Waals surface area (Å²) in [5.41, 5.74) is 6.12. The molecule has 0 bridgehead atoms. The van der Waals surface area contributed by atoms with Crippen LogP contribution in [0.3, 0.4) is 0 Å². The van der Waals surface area contributed by atoms with Crippen LogP contribution in [0.25, 0.3) is 0 Å². The van der Waals surface area contributed by atoms with E-state index in [1.54, 1.807) is 0 Å². The molecule has 5 N–H and O–H groups in total. The zero-order valence-electron chi connectivity index (χ0n) is 12.8. The zero-order valence-corrected chi connectivity index (χ0v) is 13.5. The van der Waals surface area contributed by atoms with Crippen LogP contribution < -0.4 is 20.9 Å². The average Bonchev–Trinajstić information content (AvgIpc) is 3.00. The van der Waals surface area contributed by atoms with Crippen molar-refractivity contribution in [1.29, 1.82) is 0 Å². The van der Waals surface area contributed by atoms with Crippen LogP contribution in [0.15, 0.2) is 30.5 Å². The van der Waals surface area contributed by atoms with E-state index in [9.17, 15) is 18.7 Å². The number of rotatable bonds is 5. The quantitative estimate of drug-likeness (QED) is 0.676. The fraction of sp³-hybridized carbons (Fsp3) is 0.400. The minimum Gasteiger partial charge on any atom is -0.547 e. The van der Waals surface area contributed by atoms with E-state index in [2.05, 4.69) is 16.6 Å². The van der Waals surface area contributed by atoms with E-state index in [1.165, 1.54) is 19.4 Å². The molecule has 1 aromatic rings. The number of quaternary nitrogens is 1. The molecule has 1 heterocycles. The standard InChI is InChI=1S/C9H7ClF2O4.C6H12N2/c10-5-1-4(7(13)8(14)15)2-6(3-5)16-9(11)12;1-5(7)6-3-2-4-8-6/h1-3,7,9,13H,(H,14,15);6,8H,1-4,7H2/t7-;6-/m11/s1. The molecule has 1 aliphatic heterocycles. The number of nitrogens with two attached hydrogens (primary N) is 2. The van der Waals surface area contributed by atoms with Crippen LogP contribution in [-0.2, 0) is 4.79 Å². The number of ether oxygens (including phenoxy) is 1. The minimum atomic E-state index is -3.06. The van der Waals surface area contributed by atoms with Crippen LogP contribution >= 0.6 is 11.6 Å². The number of halogens is 3. The van der Waals surface area contributed by atoms with Gasteiger partial charge in [-0.25, -0.2) is 0 Å². The zero-order chi connectivity index (χ0) is 18.3. The third-order valence-electron chi connectivity index (χ3n) is 3.30. The highest BCUT2D eigenvalue weighted by Crippen LogP contribution is 2.26. The molecule has 2 rings (SSSR count). The predicted octanol–water partition coefficient (Wildman–Crippen LogP) is -0.0907. The molecule has 0 radical (unpaired) electrons. The number of carbonyl (C=O) groups excluding carboxylic acids is 1. The molecule has 1 saturated heterocycles. The maximum absolute atomic E-state index is 11.9. The van der Waals surface area contributed by atoms with Gasteiger partial charge in [0, 0.05) is 17.9 Å². The SMILES string of the molecule is C=C(N)[C@H]1CCC[NH2+]1.O=C([O-])[C@H](O)c1cc(Cl)cc(OC(F)F)c1. The van der Waals surface area contributed by atoms with Crippen molar-refractivity contribution in [3.63, 3.8) is 0 Å². The first-order chi connectivity index (χ1) is 11.2. The lowest BCUT2D eigenvalue weighted by atomic mass is 10.1. The van der Waals surface area contributed by atoms with Gasteiger partial charge in [-0.1, -0.05) is 18.2 Å². The normalized spacial score (nSPS) is 17.8. The van der Waals surface area contributed by atoms with Gasteiger partial charge >= 0.3 is 6.61 Å². The van der Waals surface area contributed by atoms with E-state index < -0.39 is 18.7 Å². The number of aliphatic carboxylic acids is 1. The van der Waals surface area contributed by atoms with E-state index in [-0.39, 0.29) is 16.3 Å². The number of carboxylic acid groups (broad SMARTS) is 1. The molecule has 0 aromatic heterocycles. The van der Waals surface area contributed by atoms with Gasteiger partial charge in [-0.3, -0.25) is 0 Å². The van der Waals surface area contributed by atoms with Crippen molar-refractivity contribution in [1.82, 2.24) is 0 Å². The molecule has 2 atom stereocenters. The van der Waals surface area contributed by atoms with Crippen molar-refractivity contribution < 1.29 is 33.8 Å². The molecule has 24 heavy (non-hydrogen) atoms. The van der Waals surface area contributed by atoms with Crippen molar-refractivity contribution >= 4 is 17.6 Å². The third-order valence-corrected chi connectivity index (χ3v) is 3.52. The van der Waals surface area contributed by atoms with Crippen LogP contribution in [0.2, 0.25) is 5.02 Å². The van der Waals surface area contributed by atoms with E-state index in [1.807, 2.05) is 0 Å². The molecule has 0 aliphatic carbocycles. The Bertz CT molecular complexity index is 581. The van der Waals surface area contributed by atoms with Crippen LogP contribution in [0.4, 0.5) is 8.78 Å². The Morgan fingerprint density at radius 1 is 1.50 bits per heavy atom. The van der Waals surface area contributed by atoms with Crippen molar-refractivity contribution in [2.24, 2.45) is 5.73 Å². The number of carbonyl (C=O) groups is 1. The molecule has 134 valence electrons. The Hall–Kier alpha value is -1.90. The minimum absolute atomic E-state index is 0.0338. The van der Waals surface area contributed by atoms with Gasteiger partial charge < -0.3 is 30.8 Å². The summed E-state index contributed by atoms with van der Waals surface area (Å²) in [7, 11) is 0. The maximum atomic E-state index is 11.9. The van der Waals surface area contributed by atoms with E-state index in [0.29, 0.717) is 6.04 Å². The monoisotopic (exact) mass is 364 g/mol. The van der Waals surface area contributed by atoms with Gasteiger partial charge in [-0.2, -0.15) is 8.78 Å². The van der Waals surface area contributed by atoms with E-state index >= 15 is 0 Å². The van der Waals surface area contributed by atoms with Gasteiger partial charge in [0.25, 0.3) is 0 Å². The van der Waals surface area contributed by atoms with Gasteiger partial charge in [-0.05, 0) is 23.8 Å². The smallest absolute Gasteiger partial charge is 0.387 e. The third kappa shape index (κ3) is 6.69. The fourth-order valence-electron chi connectivity index (χ4n) is 2.16. The molecule has 6 nitrogen and oxygen atoms in total. The van der Waals surface area contributed by atoms with Crippen molar-refractivity contribution in [2.45, 2.75) is 31.6 Å². The summed E-state index contributed by atoms with van der Waals surface area (Å²) < 4.78 is 27.8. The van der Waals surface area contributed by atoms with Crippen LogP contribution in [0.5, 0.6) is 5.75 Å². The number of carboxylic acids is 1. The van der Waals surface area contributed by atoms with Gasteiger partial charge in [-0.15, -0.1) is 0 Å². The average molecular weight is 365 g/mol. The van der Waals surface area contributed by atoms with Gasteiger partial charge in [0.15, 0.2) is 0 Å². The topological polar surface area (TPSA) is 112 Å². The highest BCUT2D eigenvalue weighted by Gasteiger charge is 2.18. The second kappa shape index (κ2) is 9.41. The summed E-state index contributed by atoms with van der Waals surface area (Å²) in [5, 5.41) is 21.7. The molecule has 0 spiro atoms. The number of hydrogen-bond acceptors (Lipinski definition) is 5. The fourth-order valence-corrected chi connectivity index (χ4v) is 2.39. The molecule has 0 amide bonds. The Labute approximate surface area is 142 Å². The van der Waals surface area contributed by atoms with Crippen molar-refractivity contribution in [3.8, 4) is 5.75 Å². The number of hydrogen-bond donors (Lipinski definition) is 3. The lowest BCUT2D eigenvalue weighted by Gasteiger charge is -2.13. The van der Waals surface area contributed by atoms with Gasteiger partial charge in [0.1, 0.15) is 17.9 Å². The Morgan fingerprint density at radius 3 is 2.58 bits per heavy atom. The Morgan fingerprint density at radius 2 is 2.17 bits per heavy atom. The molecule has 1 aliphatic rings. The number of aliphatic hydroxyl groups is 1. The second-order valence-electron chi connectivity index (χ2n) is 5.17. The highest BCUT2D eigenvalue weighted by atomic mass is 35.5. The van der Waals surface area contributed by atoms with Crippen LogP contribution in [0.1, 0.15) is 24.5 Å². The first-order valence-electron chi connectivity index (χ1n) is 7.12. The summed E-state index contributed by atoms with van der Waals surface area (Å²) in [5.74, 6) is -2.09. The lowest BCUT2D eigenvalue weighted by Crippen LogP contribution is -2.87. The Balaban J connectivity index is 0.000000300. The van der Waals surface area contributed by atoms with Gasteiger partial charge in [0.2, 0.25) is 0 Å². The summed E-state index contributed by atoms with van der Waals surface area (Å²) in [6, 6.07) is 3.65. The number of benzene rings is 1. The molecule has 1 aromatic carbocycles. The van der Waals surface area contributed by atoms with E-state index in [4.69, 9.17) is 22.4 Å². The lowest BCUT2D eigenvalue weighted by molar-refractivity contribution is -0.661. The second-order valence-corrected chi connectivity index (χ2v) is 5.60. The first-order valence-corrected chi connectivity index (χ1v) is 7.50. The maximum Gasteiger partial charge on any atom is 0.387 e. The summed E-state index contributed by atoms with van der Waals surface area (Å²) in [6.07, 6.45) is 0.565. The van der Waals surface area contributed by atoms with Crippen molar-refractivity contribution in [3.05, 3.63) is 41.1 Å². The summed E-state index contributed by atoms with van der Waals surface area (Å²) in [4.78, 5) is 10.4. The first kappa shape index (κ1) is 20.1.